The van der Waals surface area contributed by atoms with Crippen molar-refractivity contribution in [3.8, 4) is 5.69 Å². The van der Waals surface area contributed by atoms with Gasteiger partial charge in [0.15, 0.2) is 11.5 Å². The quantitative estimate of drug-likeness (QED) is 0.343. The molecule has 0 aliphatic carbocycles. The zero-order valence-corrected chi connectivity index (χ0v) is 19.6. The minimum atomic E-state index is -0.626. The van der Waals surface area contributed by atoms with Gasteiger partial charge in [-0.2, -0.15) is 0 Å². The smallest absolute Gasteiger partial charge is 0.264 e. The van der Waals surface area contributed by atoms with Crippen molar-refractivity contribution in [2.24, 2.45) is 0 Å². The summed E-state index contributed by atoms with van der Waals surface area (Å²) in [5.74, 6) is -0.0751. The molecule has 0 aliphatic heterocycles. The Balaban J connectivity index is 1.79. The lowest BCUT2D eigenvalue weighted by Crippen LogP contribution is -2.27. The highest BCUT2D eigenvalue weighted by molar-refractivity contribution is 6.35. The van der Waals surface area contributed by atoms with Crippen LogP contribution in [0, 0.1) is 19.7 Å². The number of nitrogens with zero attached hydrogens (tertiary/aromatic N) is 4. The van der Waals surface area contributed by atoms with Crippen LogP contribution in [0.15, 0.2) is 53.8 Å². The monoisotopic (exact) mass is 476 g/mol. The SMILES string of the molecule is CCC(Nc1ncnc2[nH]cnc12)c1cc2ccc(F)c(Cl)c2c(=O)n1-c1cccc(C)c1C. The average molecular weight is 477 g/mol. The molecule has 172 valence electrons. The van der Waals surface area contributed by atoms with E-state index in [1.165, 1.54) is 12.4 Å². The fraction of sp³-hybridized carbons (Fsp3) is 0.200. The molecule has 3 aromatic heterocycles. The third-order valence-electron chi connectivity index (χ3n) is 6.22. The van der Waals surface area contributed by atoms with E-state index in [0.717, 1.165) is 16.8 Å². The first kappa shape index (κ1) is 22.0. The number of aromatic amines is 1. The molecule has 1 atom stereocenters. The van der Waals surface area contributed by atoms with Crippen LogP contribution in [0.25, 0.3) is 27.6 Å². The first-order valence-corrected chi connectivity index (χ1v) is 11.3. The van der Waals surface area contributed by atoms with E-state index in [-0.39, 0.29) is 22.0 Å². The van der Waals surface area contributed by atoms with Gasteiger partial charge in [0, 0.05) is 5.69 Å². The molecule has 0 bridgehead atoms. The second kappa shape index (κ2) is 8.53. The highest BCUT2D eigenvalue weighted by Crippen LogP contribution is 2.31. The fourth-order valence-corrected chi connectivity index (χ4v) is 4.51. The Morgan fingerprint density at radius 2 is 2.00 bits per heavy atom. The number of aromatic nitrogens is 5. The number of hydrogen-bond donors (Lipinski definition) is 2. The first-order valence-electron chi connectivity index (χ1n) is 10.9. The van der Waals surface area contributed by atoms with Gasteiger partial charge in [0.2, 0.25) is 0 Å². The van der Waals surface area contributed by atoms with Crippen LogP contribution < -0.4 is 10.9 Å². The van der Waals surface area contributed by atoms with Gasteiger partial charge in [-0.05, 0) is 55.0 Å². The zero-order chi connectivity index (χ0) is 24.0. The van der Waals surface area contributed by atoms with Crippen LogP contribution in [0.4, 0.5) is 10.2 Å². The molecule has 7 nitrogen and oxygen atoms in total. The van der Waals surface area contributed by atoms with E-state index in [0.29, 0.717) is 34.5 Å². The van der Waals surface area contributed by atoms with Crippen LogP contribution in [0.5, 0.6) is 0 Å². The van der Waals surface area contributed by atoms with Gasteiger partial charge >= 0.3 is 0 Å². The summed E-state index contributed by atoms with van der Waals surface area (Å²) in [6.07, 6.45) is 3.65. The maximum absolute atomic E-state index is 14.3. The minimum Gasteiger partial charge on any atom is -0.360 e. The van der Waals surface area contributed by atoms with Crippen molar-refractivity contribution in [2.45, 2.75) is 33.2 Å². The molecular formula is C25H22ClFN6O. The van der Waals surface area contributed by atoms with E-state index in [1.54, 1.807) is 17.0 Å². The lowest BCUT2D eigenvalue weighted by molar-refractivity contribution is 0.629. The van der Waals surface area contributed by atoms with Gasteiger partial charge in [0.05, 0.1) is 28.5 Å². The van der Waals surface area contributed by atoms with Crippen molar-refractivity contribution in [1.82, 2.24) is 24.5 Å². The van der Waals surface area contributed by atoms with E-state index in [4.69, 9.17) is 11.6 Å². The van der Waals surface area contributed by atoms with Crippen molar-refractivity contribution in [2.75, 3.05) is 5.32 Å². The first-order chi connectivity index (χ1) is 16.4. The predicted molar refractivity (Wildman–Crippen MR) is 132 cm³/mol. The summed E-state index contributed by atoms with van der Waals surface area (Å²) in [5, 5.41) is 3.98. The van der Waals surface area contributed by atoms with Crippen LogP contribution in [-0.2, 0) is 0 Å². The molecule has 0 amide bonds. The molecule has 0 spiro atoms. The second-order valence-corrected chi connectivity index (χ2v) is 8.56. The summed E-state index contributed by atoms with van der Waals surface area (Å²) in [4.78, 5) is 29.7. The van der Waals surface area contributed by atoms with Crippen molar-refractivity contribution < 1.29 is 4.39 Å². The zero-order valence-electron chi connectivity index (χ0n) is 18.9. The number of rotatable bonds is 5. The highest BCUT2D eigenvalue weighted by atomic mass is 35.5. The molecule has 1 unspecified atom stereocenters. The van der Waals surface area contributed by atoms with Crippen LogP contribution >= 0.6 is 11.6 Å². The van der Waals surface area contributed by atoms with Crippen molar-refractivity contribution in [1.29, 1.82) is 0 Å². The Morgan fingerprint density at radius 3 is 2.79 bits per heavy atom. The van der Waals surface area contributed by atoms with E-state index in [2.05, 4.69) is 25.3 Å². The van der Waals surface area contributed by atoms with E-state index >= 15 is 0 Å². The average Bonchev–Trinajstić information content (AvgIpc) is 3.31. The van der Waals surface area contributed by atoms with Crippen LogP contribution in [-0.4, -0.2) is 24.5 Å². The number of pyridine rings is 1. The molecule has 0 radical (unpaired) electrons. The highest BCUT2D eigenvalue weighted by Gasteiger charge is 2.23. The van der Waals surface area contributed by atoms with Gasteiger partial charge in [-0.1, -0.05) is 36.7 Å². The van der Waals surface area contributed by atoms with Gasteiger partial charge < -0.3 is 10.3 Å². The van der Waals surface area contributed by atoms with Gasteiger partial charge in [-0.25, -0.2) is 19.3 Å². The Morgan fingerprint density at radius 1 is 1.18 bits per heavy atom. The molecule has 9 heteroatoms. The molecule has 5 rings (SSSR count). The number of fused-ring (bicyclic) bond motifs is 2. The molecule has 34 heavy (non-hydrogen) atoms. The molecular weight excluding hydrogens is 455 g/mol. The molecule has 0 saturated heterocycles. The third-order valence-corrected chi connectivity index (χ3v) is 6.59. The predicted octanol–water partition coefficient (Wildman–Crippen LogP) is 5.63. The summed E-state index contributed by atoms with van der Waals surface area (Å²) >= 11 is 6.28. The molecule has 0 fully saturated rings. The molecule has 0 aliphatic rings. The topological polar surface area (TPSA) is 88.5 Å². The minimum absolute atomic E-state index is 0.151. The van der Waals surface area contributed by atoms with Gasteiger partial charge in [0.25, 0.3) is 5.56 Å². The van der Waals surface area contributed by atoms with E-state index < -0.39 is 5.82 Å². The standard InChI is InChI=1S/C25H22ClFN6O/c1-4-17(32-24-22-23(29-11-28-22)30-12-31-24)19-10-15-8-9-16(27)21(26)20(15)25(34)33(19)18-7-5-6-13(2)14(18)3/h5-12,17H,4H2,1-3H3,(H2,28,29,30,31,32). The molecule has 2 aromatic carbocycles. The molecule has 5 aromatic rings. The normalized spacial score (nSPS) is 12.4. The van der Waals surface area contributed by atoms with Gasteiger partial charge in [-0.3, -0.25) is 9.36 Å². The Labute approximate surface area is 199 Å². The Bertz CT molecular complexity index is 1610. The molecule has 2 N–H and O–H groups in total. The maximum atomic E-state index is 14.3. The summed E-state index contributed by atoms with van der Waals surface area (Å²) in [6.45, 7) is 5.96. The number of anilines is 1. The summed E-state index contributed by atoms with van der Waals surface area (Å²) < 4.78 is 15.9. The molecule has 3 heterocycles. The second-order valence-electron chi connectivity index (χ2n) is 8.18. The summed E-state index contributed by atoms with van der Waals surface area (Å²) in [7, 11) is 0. The Hall–Kier alpha value is -3.78. The number of imidazole rings is 1. The number of hydrogen-bond acceptors (Lipinski definition) is 5. The summed E-state index contributed by atoms with van der Waals surface area (Å²) in [5.41, 5.74) is 4.25. The van der Waals surface area contributed by atoms with Crippen LogP contribution in [0.1, 0.15) is 36.2 Å². The van der Waals surface area contributed by atoms with E-state index in [1.807, 2.05) is 45.0 Å². The van der Waals surface area contributed by atoms with Gasteiger partial charge in [-0.15, -0.1) is 0 Å². The number of benzene rings is 2. The van der Waals surface area contributed by atoms with Crippen molar-refractivity contribution >= 4 is 39.4 Å². The van der Waals surface area contributed by atoms with Crippen molar-refractivity contribution in [3.63, 3.8) is 0 Å². The van der Waals surface area contributed by atoms with Crippen molar-refractivity contribution in [3.05, 3.63) is 87.1 Å². The fourth-order valence-electron chi connectivity index (χ4n) is 4.26. The largest absolute Gasteiger partial charge is 0.360 e. The lowest BCUT2D eigenvalue weighted by Gasteiger charge is -2.24. The number of aryl methyl sites for hydroxylation is 1. The third kappa shape index (κ3) is 3.51. The van der Waals surface area contributed by atoms with Crippen LogP contribution in [0.3, 0.4) is 0 Å². The number of halogens is 2. The molecule has 0 saturated carbocycles. The Kier molecular flexibility index (Phi) is 5.53. The maximum Gasteiger partial charge on any atom is 0.264 e. The number of H-pyrrole nitrogens is 1. The van der Waals surface area contributed by atoms with Crippen LogP contribution in [0.2, 0.25) is 5.02 Å². The summed E-state index contributed by atoms with van der Waals surface area (Å²) in [6, 6.07) is 10.2. The number of nitrogens with one attached hydrogen (secondary N) is 2. The lowest BCUT2D eigenvalue weighted by atomic mass is 10.0. The van der Waals surface area contributed by atoms with E-state index in [9.17, 15) is 9.18 Å². The van der Waals surface area contributed by atoms with Gasteiger partial charge in [0.1, 0.15) is 17.7 Å².